The fourth-order valence-electron chi connectivity index (χ4n) is 4.98. The molecular formula is C26H31N5O3. The topological polar surface area (TPSA) is 102 Å². The van der Waals surface area contributed by atoms with Crippen LogP contribution in [0.15, 0.2) is 59.7 Å². The van der Waals surface area contributed by atoms with Crippen molar-refractivity contribution in [2.24, 2.45) is 5.73 Å². The zero-order chi connectivity index (χ0) is 23.5. The van der Waals surface area contributed by atoms with Crippen molar-refractivity contribution in [3.63, 3.8) is 0 Å². The number of pyridine rings is 3. The van der Waals surface area contributed by atoms with E-state index in [9.17, 15) is 9.59 Å². The number of rotatable bonds is 5. The molecule has 5 heterocycles. The lowest BCUT2D eigenvalue weighted by atomic mass is 9.85. The first kappa shape index (κ1) is 22.7. The van der Waals surface area contributed by atoms with Crippen LogP contribution >= 0.6 is 0 Å². The van der Waals surface area contributed by atoms with Crippen LogP contribution in [0.4, 0.5) is 0 Å². The largest absolute Gasteiger partial charge is 0.381 e. The zero-order valence-corrected chi connectivity index (χ0v) is 19.3. The lowest BCUT2D eigenvalue weighted by molar-refractivity contribution is 0.0695. The van der Waals surface area contributed by atoms with E-state index in [4.69, 9.17) is 10.5 Å². The summed E-state index contributed by atoms with van der Waals surface area (Å²) >= 11 is 0. The van der Waals surface area contributed by atoms with Gasteiger partial charge >= 0.3 is 0 Å². The van der Waals surface area contributed by atoms with Gasteiger partial charge in [-0.2, -0.15) is 0 Å². The van der Waals surface area contributed by atoms with E-state index < -0.39 is 5.54 Å². The monoisotopic (exact) mass is 461 g/mol. The maximum atomic E-state index is 13.1. The van der Waals surface area contributed by atoms with E-state index in [1.165, 1.54) is 0 Å². The summed E-state index contributed by atoms with van der Waals surface area (Å²) in [6.45, 7) is 3.53. The minimum Gasteiger partial charge on any atom is -0.381 e. The Kier molecular flexibility index (Phi) is 6.45. The molecule has 0 unspecified atom stereocenters. The maximum absolute atomic E-state index is 13.1. The van der Waals surface area contributed by atoms with Gasteiger partial charge in [0, 0.05) is 51.3 Å². The number of nitrogens with zero attached hydrogens (tertiary/aromatic N) is 3. The summed E-state index contributed by atoms with van der Waals surface area (Å²) < 4.78 is 6.96. The van der Waals surface area contributed by atoms with Crippen LogP contribution in [-0.2, 0) is 16.8 Å². The first-order valence-corrected chi connectivity index (χ1v) is 12.0. The van der Waals surface area contributed by atoms with Gasteiger partial charge in [-0.1, -0.05) is 12.1 Å². The number of nitrogens with two attached hydrogens (primary N) is 1. The van der Waals surface area contributed by atoms with Crippen LogP contribution in [0.3, 0.4) is 0 Å². The first-order valence-electron chi connectivity index (χ1n) is 12.0. The van der Waals surface area contributed by atoms with Crippen molar-refractivity contribution in [1.29, 1.82) is 0 Å². The lowest BCUT2D eigenvalue weighted by Gasteiger charge is -2.39. The fourth-order valence-corrected chi connectivity index (χ4v) is 4.98. The normalized spacial score (nSPS) is 19.2. The van der Waals surface area contributed by atoms with E-state index in [1.807, 2.05) is 36.4 Å². The Morgan fingerprint density at radius 1 is 1.15 bits per heavy atom. The number of hydrogen-bond acceptors (Lipinski definition) is 6. The number of amides is 1. The summed E-state index contributed by atoms with van der Waals surface area (Å²) in [5.41, 5.74) is 8.88. The van der Waals surface area contributed by atoms with Gasteiger partial charge in [0.15, 0.2) is 0 Å². The average Bonchev–Trinajstić information content (AvgIpc) is 2.88. The second-order valence-corrected chi connectivity index (χ2v) is 9.35. The van der Waals surface area contributed by atoms with Gasteiger partial charge in [-0.3, -0.25) is 23.9 Å². The van der Waals surface area contributed by atoms with Crippen molar-refractivity contribution in [3.05, 3.63) is 82.0 Å². The second kappa shape index (κ2) is 9.66. The number of nitrogens with one attached hydrogen (secondary N) is 1. The Labute approximate surface area is 198 Å². The Morgan fingerprint density at radius 3 is 2.65 bits per heavy atom. The molecule has 3 N–H and O–H groups in total. The third-order valence-electron chi connectivity index (χ3n) is 7.08. The van der Waals surface area contributed by atoms with Crippen LogP contribution in [0, 0.1) is 0 Å². The Balaban J connectivity index is 1.37. The Bertz CT molecular complexity index is 1210. The van der Waals surface area contributed by atoms with Gasteiger partial charge in [-0.05, 0) is 61.6 Å². The van der Waals surface area contributed by atoms with Gasteiger partial charge in [0.25, 0.3) is 11.5 Å². The molecule has 2 fully saturated rings. The molecule has 3 aromatic heterocycles. The smallest absolute Gasteiger partial charge is 0.267 e. The molecule has 8 nitrogen and oxygen atoms in total. The predicted octanol–water partition coefficient (Wildman–Crippen LogP) is 2.05. The van der Waals surface area contributed by atoms with E-state index in [0.29, 0.717) is 19.8 Å². The molecule has 1 amide bonds. The Morgan fingerprint density at radius 2 is 1.91 bits per heavy atom. The fraction of sp³-hybridized carbons (Fsp3) is 0.423. The van der Waals surface area contributed by atoms with Gasteiger partial charge < -0.3 is 15.8 Å². The van der Waals surface area contributed by atoms with Gasteiger partial charge in [-0.25, -0.2) is 0 Å². The Hall–Kier alpha value is -3.07. The van der Waals surface area contributed by atoms with Gasteiger partial charge in [0.1, 0.15) is 5.56 Å². The first-order chi connectivity index (χ1) is 16.5. The van der Waals surface area contributed by atoms with Crippen LogP contribution in [0.2, 0.25) is 0 Å². The molecule has 2 aliphatic rings. The number of piperidine rings is 1. The zero-order valence-electron chi connectivity index (χ0n) is 19.3. The van der Waals surface area contributed by atoms with Crippen LogP contribution in [0.25, 0.3) is 5.52 Å². The molecule has 0 bridgehead atoms. The predicted molar refractivity (Wildman–Crippen MR) is 130 cm³/mol. The summed E-state index contributed by atoms with van der Waals surface area (Å²) in [6, 6.07) is 13.3. The van der Waals surface area contributed by atoms with Crippen molar-refractivity contribution < 1.29 is 9.53 Å². The van der Waals surface area contributed by atoms with Gasteiger partial charge in [-0.15, -0.1) is 0 Å². The molecule has 0 aromatic carbocycles. The highest BCUT2D eigenvalue weighted by atomic mass is 16.5. The summed E-state index contributed by atoms with van der Waals surface area (Å²) in [5.74, 6) is -0.314. The highest BCUT2D eigenvalue weighted by molar-refractivity contribution is 5.94. The van der Waals surface area contributed by atoms with Crippen LogP contribution < -0.4 is 16.6 Å². The minimum atomic E-state index is -0.428. The third kappa shape index (κ3) is 4.61. The van der Waals surface area contributed by atoms with E-state index in [2.05, 4.69) is 15.2 Å². The summed E-state index contributed by atoms with van der Waals surface area (Å²) in [7, 11) is 0. The van der Waals surface area contributed by atoms with Crippen molar-refractivity contribution >= 4 is 11.4 Å². The molecule has 0 spiro atoms. The average molecular weight is 462 g/mol. The molecule has 3 aromatic rings. The third-order valence-corrected chi connectivity index (χ3v) is 7.08. The molecule has 2 aliphatic heterocycles. The molecule has 8 heteroatoms. The van der Waals surface area contributed by atoms with Crippen LogP contribution in [0.5, 0.6) is 0 Å². The van der Waals surface area contributed by atoms with Crippen molar-refractivity contribution in [2.45, 2.75) is 43.8 Å². The van der Waals surface area contributed by atoms with E-state index in [1.54, 1.807) is 22.9 Å². The number of aromatic nitrogens is 2. The molecule has 5 rings (SSSR count). The number of carbonyl (C=O) groups is 1. The molecule has 0 atom stereocenters. The molecule has 178 valence electrons. The summed E-state index contributed by atoms with van der Waals surface area (Å²) in [4.78, 5) is 33.0. The van der Waals surface area contributed by atoms with Crippen molar-refractivity contribution in [2.75, 3.05) is 26.3 Å². The number of fused-ring (bicyclic) bond motifs is 1. The van der Waals surface area contributed by atoms with E-state index in [0.717, 1.165) is 55.5 Å². The summed E-state index contributed by atoms with van der Waals surface area (Å²) in [5, 5.41) is 3.03. The van der Waals surface area contributed by atoms with Crippen LogP contribution in [-0.4, -0.2) is 52.5 Å². The standard InChI is InChI=1S/C26H31N5O3/c27-26(23-6-1-3-11-28-23)9-13-30(14-10-26)18-19-17-21(24(32)29-20-7-15-34-16-8-20)25(33)31-12-4-2-5-22(19)31/h1-6,11-12,17,20H,7-10,13-16,18,27H2,(H,29,32). The number of ether oxygens (including phenoxy) is 1. The van der Waals surface area contributed by atoms with Gasteiger partial charge in [0.05, 0.1) is 16.7 Å². The number of carbonyl (C=O) groups excluding carboxylic acids is 1. The minimum absolute atomic E-state index is 0.0342. The molecule has 0 saturated carbocycles. The van der Waals surface area contributed by atoms with E-state index in [-0.39, 0.29) is 23.1 Å². The van der Waals surface area contributed by atoms with E-state index >= 15 is 0 Å². The number of hydrogen-bond donors (Lipinski definition) is 2. The molecule has 34 heavy (non-hydrogen) atoms. The van der Waals surface area contributed by atoms with Gasteiger partial charge in [0.2, 0.25) is 0 Å². The van der Waals surface area contributed by atoms with Crippen molar-refractivity contribution in [3.8, 4) is 0 Å². The quantitative estimate of drug-likeness (QED) is 0.603. The SMILES string of the molecule is NC1(c2ccccn2)CCN(Cc2cc(C(=O)NC3CCOCC3)c(=O)n3ccccc23)CC1. The van der Waals surface area contributed by atoms with Crippen molar-refractivity contribution in [1.82, 2.24) is 19.6 Å². The molecule has 0 radical (unpaired) electrons. The highest BCUT2D eigenvalue weighted by Gasteiger charge is 2.33. The highest BCUT2D eigenvalue weighted by Crippen LogP contribution is 2.30. The maximum Gasteiger partial charge on any atom is 0.267 e. The molecule has 0 aliphatic carbocycles. The summed E-state index contributed by atoms with van der Waals surface area (Å²) in [6.07, 6.45) is 6.64. The number of likely N-dealkylation sites (tertiary alicyclic amines) is 1. The molecule has 2 saturated heterocycles. The van der Waals surface area contributed by atoms with Crippen LogP contribution in [0.1, 0.15) is 47.3 Å². The second-order valence-electron chi connectivity index (χ2n) is 9.35. The molecular weight excluding hydrogens is 430 g/mol. The lowest BCUT2D eigenvalue weighted by Crippen LogP contribution is -2.48.